The summed E-state index contributed by atoms with van der Waals surface area (Å²) in [6, 6.07) is 9.55. The van der Waals surface area contributed by atoms with E-state index < -0.39 is 0 Å². The highest BCUT2D eigenvalue weighted by Gasteiger charge is 2.17. The molecule has 19 heavy (non-hydrogen) atoms. The molecule has 0 unspecified atom stereocenters. The molecule has 98 valence electrons. The van der Waals surface area contributed by atoms with Gasteiger partial charge in [0.25, 0.3) is 0 Å². The maximum atomic E-state index is 8.95. The van der Waals surface area contributed by atoms with Crippen LogP contribution in [-0.2, 0) is 13.5 Å². The third kappa shape index (κ3) is 2.25. The van der Waals surface area contributed by atoms with Crippen molar-refractivity contribution in [2.75, 3.05) is 17.7 Å². The maximum Gasteiger partial charge on any atom is 0.154 e. The van der Waals surface area contributed by atoms with Gasteiger partial charge in [-0.1, -0.05) is 13.0 Å². The van der Waals surface area contributed by atoms with Gasteiger partial charge in [0.15, 0.2) is 5.82 Å². The highest BCUT2D eigenvalue weighted by atomic mass is 15.4. The van der Waals surface area contributed by atoms with Gasteiger partial charge in [0.05, 0.1) is 23.0 Å². The Morgan fingerprint density at radius 2 is 2.21 bits per heavy atom. The molecule has 0 bridgehead atoms. The van der Waals surface area contributed by atoms with E-state index in [0.717, 1.165) is 23.6 Å². The Labute approximate surface area is 112 Å². The van der Waals surface area contributed by atoms with E-state index in [0.29, 0.717) is 11.3 Å². The number of aryl methyl sites for hydroxylation is 2. The number of nitriles is 1. The number of nitrogens with two attached hydrogens (primary N) is 1. The van der Waals surface area contributed by atoms with Crippen LogP contribution in [0.25, 0.3) is 0 Å². The molecule has 0 amide bonds. The molecular weight excluding hydrogens is 238 g/mol. The van der Waals surface area contributed by atoms with Gasteiger partial charge in [0.1, 0.15) is 0 Å². The van der Waals surface area contributed by atoms with Gasteiger partial charge in [-0.25, -0.2) is 0 Å². The molecule has 5 nitrogen and oxygen atoms in total. The molecule has 0 saturated heterocycles. The summed E-state index contributed by atoms with van der Waals surface area (Å²) in [5.41, 5.74) is 9.25. The number of hydrogen-bond acceptors (Lipinski definition) is 4. The van der Waals surface area contributed by atoms with Gasteiger partial charge in [-0.15, -0.1) is 0 Å². The van der Waals surface area contributed by atoms with E-state index in [1.807, 2.05) is 44.1 Å². The summed E-state index contributed by atoms with van der Waals surface area (Å²) in [5, 5.41) is 13.4. The van der Waals surface area contributed by atoms with E-state index in [1.165, 1.54) is 0 Å². The van der Waals surface area contributed by atoms with Crippen molar-refractivity contribution in [3.05, 3.63) is 35.5 Å². The van der Waals surface area contributed by atoms with E-state index in [-0.39, 0.29) is 0 Å². The van der Waals surface area contributed by atoms with Crippen LogP contribution in [0.4, 0.5) is 17.2 Å². The van der Waals surface area contributed by atoms with Gasteiger partial charge in [-0.05, 0) is 24.6 Å². The van der Waals surface area contributed by atoms with E-state index >= 15 is 0 Å². The highest BCUT2D eigenvalue weighted by molar-refractivity contribution is 5.73. The average Bonchev–Trinajstić information content (AvgIpc) is 2.72. The summed E-state index contributed by atoms with van der Waals surface area (Å²) in [4.78, 5) is 1.95. The van der Waals surface area contributed by atoms with Crippen molar-refractivity contribution in [3.63, 3.8) is 0 Å². The zero-order chi connectivity index (χ0) is 14.0. The van der Waals surface area contributed by atoms with Crippen molar-refractivity contribution < 1.29 is 0 Å². The SMILES string of the molecule is CCc1nn(C)c(N(C)c2cccc(C#N)c2)c1N. The van der Waals surface area contributed by atoms with Crippen LogP contribution in [0.2, 0.25) is 0 Å². The van der Waals surface area contributed by atoms with Crippen molar-refractivity contribution >= 4 is 17.2 Å². The number of aromatic nitrogens is 2. The van der Waals surface area contributed by atoms with Crippen molar-refractivity contribution in [2.45, 2.75) is 13.3 Å². The van der Waals surface area contributed by atoms with E-state index in [4.69, 9.17) is 11.0 Å². The average molecular weight is 255 g/mol. The van der Waals surface area contributed by atoms with Gasteiger partial charge in [0, 0.05) is 19.8 Å². The molecule has 0 aliphatic heterocycles. The summed E-state index contributed by atoms with van der Waals surface area (Å²) in [6.07, 6.45) is 0.797. The quantitative estimate of drug-likeness (QED) is 0.912. The molecule has 0 saturated carbocycles. The Balaban J connectivity index is 2.47. The molecule has 0 aliphatic carbocycles. The van der Waals surface area contributed by atoms with Crippen LogP contribution in [0.5, 0.6) is 0 Å². The lowest BCUT2D eigenvalue weighted by Gasteiger charge is -2.20. The fourth-order valence-electron chi connectivity index (χ4n) is 2.15. The molecule has 0 aliphatic rings. The van der Waals surface area contributed by atoms with Crippen molar-refractivity contribution in [2.24, 2.45) is 7.05 Å². The number of rotatable bonds is 3. The summed E-state index contributed by atoms with van der Waals surface area (Å²) in [5.74, 6) is 0.840. The standard InChI is InChI=1S/C14H17N5/c1-4-12-13(16)14(19(3)17-12)18(2)11-7-5-6-10(8-11)9-15/h5-8H,4,16H2,1-3H3. The Morgan fingerprint density at radius 1 is 1.47 bits per heavy atom. The number of hydrogen-bond donors (Lipinski definition) is 1. The first-order valence-electron chi connectivity index (χ1n) is 6.13. The lowest BCUT2D eigenvalue weighted by molar-refractivity contribution is 0.741. The summed E-state index contributed by atoms with van der Waals surface area (Å²) in [6.45, 7) is 2.03. The molecular formula is C14H17N5. The second kappa shape index (κ2) is 5.02. The molecule has 0 fully saturated rings. The second-order valence-electron chi connectivity index (χ2n) is 4.38. The highest BCUT2D eigenvalue weighted by Crippen LogP contribution is 2.31. The van der Waals surface area contributed by atoms with Gasteiger partial charge >= 0.3 is 0 Å². The minimum atomic E-state index is 0.626. The fourth-order valence-corrected chi connectivity index (χ4v) is 2.15. The van der Waals surface area contributed by atoms with Crippen LogP contribution in [0.15, 0.2) is 24.3 Å². The molecule has 0 spiro atoms. The molecule has 2 N–H and O–H groups in total. The van der Waals surface area contributed by atoms with E-state index in [2.05, 4.69) is 11.2 Å². The molecule has 1 aromatic carbocycles. The third-order valence-electron chi connectivity index (χ3n) is 3.14. The molecule has 0 radical (unpaired) electrons. The van der Waals surface area contributed by atoms with Crippen molar-refractivity contribution in [3.8, 4) is 6.07 Å². The third-order valence-corrected chi connectivity index (χ3v) is 3.14. The normalized spacial score (nSPS) is 10.2. The summed E-state index contributed by atoms with van der Waals surface area (Å²) < 4.78 is 1.77. The van der Waals surface area contributed by atoms with Gasteiger partial charge in [-0.2, -0.15) is 10.4 Å². The maximum absolute atomic E-state index is 8.95. The number of anilines is 3. The number of nitrogen functional groups attached to an aromatic ring is 1. The predicted octanol–water partition coefficient (Wildman–Crippen LogP) is 2.20. The van der Waals surface area contributed by atoms with Crippen molar-refractivity contribution in [1.82, 2.24) is 9.78 Å². The van der Waals surface area contributed by atoms with Crippen LogP contribution >= 0.6 is 0 Å². The zero-order valence-corrected chi connectivity index (χ0v) is 11.4. The second-order valence-corrected chi connectivity index (χ2v) is 4.38. The van der Waals surface area contributed by atoms with Crippen LogP contribution in [-0.4, -0.2) is 16.8 Å². The van der Waals surface area contributed by atoms with E-state index in [9.17, 15) is 0 Å². The first-order chi connectivity index (χ1) is 9.08. The van der Waals surface area contributed by atoms with Gasteiger partial charge < -0.3 is 10.6 Å². The Morgan fingerprint density at radius 3 is 2.79 bits per heavy atom. The van der Waals surface area contributed by atoms with Crippen LogP contribution in [0, 0.1) is 11.3 Å². The Kier molecular flexibility index (Phi) is 3.43. The number of benzene rings is 1. The van der Waals surface area contributed by atoms with Crippen LogP contribution in [0.3, 0.4) is 0 Å². The lowest BCUT2D eigenvalue weighted by atomic mass is 10.2. The van der Waals surface area contributed by atoms with Gasteiger partial charge in [-0.3, -0.25) is 4.68 Å². The summed E-state index contributed by atoms with van der Waals surface area (Å²) in [7, 11) is 3.79. The minimum absolute atomic E-state index is 0.626. The molecule has 2 rings (SSSR count). The molecule has 2 aromatic rings. The molecule has 1 aromatic heterocycles. The molecule has 0 atom stereocenters. The van der Waals surface area contributed by atoms with Crippen LogP contribution in [0.1, 0.15) is 18.2 Å². The topological polar surface area (TPSA) is 70.9 Å². The van der Waals surface area contributed by atoms with Gasteiger partial charge in [0.2, 0.25) is 0 Å². The Hall–Kier alpha value is -2.48. The number of nitrogens with zero attached hydrogens (tertiary/aromatic N) is 4. The summed E-state index contributed by atoms with van der Waals surface area (Å²) >= 11 is 0. The van der Waals surface area contributed by atoms with Crippen molar-refractivity contribution in [1.29, 1.82) is 5.26 Å². The monoisotopic (exact) mass is 255 g/mol. The van der Waals surface area contributed by atoms with Crippen LogP contribution < -0.4 is 10.6 Å². The fraction of sp³-hybridized carbons (Fsp3) is 0.286. The zero-order valence-electron chi connectivity index (χ0n) is 11.4. The smallest absolute Gasteiger partial charge is 0.154 e. The first kappa shape index (κ1) is 13.0. The lowest BCUT2D eigenvalue weighted by Crippen LogP contribution is -2.15. The predicted molar refractivity (Wildman–Crippen MR) is 76.2 cm³/mol. The van der Waals surface area contributed by atoms with E-state index in [1.54, 1.807) is 10.7 Å². The minimum Gasteiger partial charge on any atom is -0.394 e. The Bertz CT molecular complexity index is 636. The molecule has 5 heteroatoms. The molecule has 1 heterocycles. The first-order valence-corrected chi connectivity index (χ1v) is 6.13. The largest absolute Gasteiger partial charge is 0.394 e.